The van der Waals surface area contributed by atoms with Gasteiger partial charge in [0.15, 0.2) is 0 Å². The van der Waals surface area contributed by atoms with Crippen LogP contribution in [0.3, 0.4) is 0 Å². The lowest BCUT2D eigenvalue weighted by Gasteiger charge is -2.38. The molecule has 170 valence electrons. The Hall–Kier alpha value is -2.77. The standard InChI is InChI=1S/C16H8ClF10N3O/c17-10-5-8(13(19,20)21)6-28-11(10)29-14(15(22,23)24,16(25,26)27)30-12(31)7-2-1-3-9(18)4-7/h1-6H,(H,28,29)(H,30,31). The van der Waals surface area contributed by atoms with Crippen LogP contribution in [0.1, 0.15) is 15.9 Å². The number of alkyl halides is 9. The molecule has 0 radical (unpaired) electrons. The Bertz CT molecular complexity index is 957. The maximum atomic E-state index is 13.6. The zero-order valence-corrected chi connectivity index (χ0v) is 15.2. The van der Waals surface area contributed by atoms with Crippen LogP contribution in [0.15, 0.2) is 36.5 Å². The summed E-state index contributed by atoms with van der Waals surface area (Å²) in [7, 11) is 0. The molecule has 2 rings (SSSR count). The smallest absolute Gasteiger partial charge is 0.331 e. The number of nitrogens with zero attached hydrogens (tertiary/aromatic N) is 1. The Labute approximate surface area is 171 Å². The summed E-state index contributed by atoms with van der Waals surface area (Å²) in [6.45, 7) is 0. The van der Waals surface area contributed by atoms with Gasteiger partial charge in [0, 0.05) is 11.8 Å². The largest absolute Gasteiger partial charge is 0.439 e. The first-order chi connectivity index (χ1) is 14.0. The fourth-order valence-electron chi connectivity index (χ4n) is 2.21. The molecule has 2 aromatic rings. The van der Waals surface area contributed by atoms with Crippen LogP contribution in [-0.4, -0.2) is 28.9 Å². The van der Waals surface area contributed by atoms with Crippen molar-refractivity contribution in [3.05, 3.63) is 58.5 Å². The number of nitrogens with one attached hydrogen (secondary N) is 2. The van der Waals surface area contributed by atoms with Gasteiger partial charge in [-0.15, -0.1) is 0 Å². The molecule has 1 aromatic carbocycles. The van der Waals surface area contributed by atoms with E-state index in [1.54, 1.807) is 0 Å². The highest BCUT2D eigenvalue weighted by Gasteiger charge is 2.73. The first-order valence-corrected chi connectivity index (χ1v) is 8.08. The lowest BCUT2D eigenvalue weighted by atomic mass is 10.1. The van der Waals surface area contributed by atoms with Crippen LogP contribution in [0.4, 0.5) is 49.7 Å². The monoisotopic (exact) mass is 483 g/mol. The van der Waals surface area contributed by atoms with Crippen molar-refractivity contribution in [2.24, 2.45) is 0 Å². The first-order valence-electron chi connectivity index (χ1n) is 7.70. The van der Waals surface area contributed by atoms with Crippen molar-refractivity contribution in [2.75, 3.05) is 5.32 Å². The molecule has 0 aliphatic rings. The van der Waals surface area contributed by atoms with Crippen molar-refractivity contribution in [1.29, 1.82) is 0 Å². The fraction of sp³-hybridized carbons (Fsp3) is 0.250. The summed E-state index contributed by atoms with van der Waals surface area (Å²) in [5, 5.41) is 0.293. The van der Waals surface area contributed by atoms with Gasteiger partial charge < -0.3 is 10.6 Å². The van der Waals surface area contributed by atoms with Crippen LogP contribution in [0.2, 0.25) is 5.02 Å². The average molecular weight is 484 g/mol. The van der Waals surface area contributed by atoms with E-state index in [2.05, 4.69) is 4.98 Å². The SMILES string of the molecule is O=C(NC(Nc1ncc(C(F)(F)F)cc1Cl)(C(F)(F)F)C(F)(F)F)c1cccc(F)c1. The van der Waals surface area contributed by atoms with E-state index in [1.165, 1.54) is 0 Å². The Balaban J connectivity index is 2.57. The highest BCUT2D eigenvalue weighted by molar-refractivity contribution is 6.33. The van der Waals surface area contributed by atoms with E-state index in [9.17, 15) is 48.7 Å². The summed E-state index contributed by atoms with van der Waals surface area (Å²) in [6.07, 6.45) is -17.7. The Morgan fingerprint density at radius 2 is 1.52 bits per heavy atom. The number of rotatable bonds is 4. The number of anilines is 1. The summed E-state index contributed by atoms with van der Waals surface area (Å²) >= 11 is 5.39. The van der Waals surface area contributed by atoms with Crippen molar-refractivity contribution in [1.82, 2.24) is 10.3 Å². The molecular formula is C16H8ClF10N3O. The van der Waals surface area contributed by atoms with Crippen molar-refractivity contribution >= 4 is 23.3 Å². The second-order valence-electron chi connectivity index (χ2n) is 5.89. The normalized spacial score (nSPS) is 13.1. The number of aromatic nitrogens is 1. The van der Waals surface area contributed by atoms with E-state index < -0.39 is 57.9 Å². The Morgan fingerprint density at radius 1 is 0.935 bits per heavy atom. The molecule has 0 aliphatic carbocycles. The summed E-state index contributed by atoms with van der Waals surface area (Å²) in [5.41, 5.74) is -7.68. The van der Waals surface area contributed by atoms with Crippen LogP contribution in [0.5, 0.6) is 0 Å². The van der Waals surface area contributed by atoms with Gasteiger partial charge in [0.05, 0.1) is 10.6 Å². The molecule has 1 aromatic heterocycles. The minimum atomic E-state index is -6.30. The number of amides is 1. The molecule has 0 aliphatic heterocycles. The molecule has 0 unspecified atom stereocenters. The van der Waals surface area contributed by atoms with Crippen LogP contribution in [-0.2, 0) is 6.18 Å². The third-order valence-electron chi connectivity index (χ3n) is 3.71. The molecule has 31 heavy (non-hydrogen) atoms. The topological polar surface area (TPSA) is 54.0 Å². The third-order valence-corrected chi connectivity index (χ3v) is 4.00. The summed E-state index contributed by atoms with van der Waals surface area (Å²) < 4.78 is 133. The molecule has 0 bridgehead atoms. The van der Waals surface area contributed by atoms with E-state index in [4.69, 9.17) is 11.6 Å². The van der Waals surface area contributed by atoms with Gasteiger partial charge in [-0.3, -0.25) is 4.79 Å². The van der Waals surface area contributed by atoms with E-state index in [0.29, 0.717) is 11.4 Å². The van der Waals surface area contributed by atoms with E-state index in [-0.39, 0.29) is 12.3 Å². The molecule has 0 spiro atoms. The van der Waals surface area contributed by atoms with Crippen LogP contribution < -0.4 is 10.6 Å². The maximum absolute atomic E-state index is 13.6. The molecule has 4 nitrogen and oxygen atoms in total. The lowest BCUT2D eigenvalue weighted by molar-refractivity contribution is -0.294. The molecule has 1 heterocycles. The summed E-state index contributed by atoms with van der Waals surface area (Å²) in [4.78, 5) is 14.9. The minimum Gasteiger partial charge on any atom is -0.331 e. The number of pyridine rings is 1. The number of carbonyl (C=O) groups excluding carboxylic acids is 1. The van der Waals surface area contributed by atoms with Crippen molar-refractivity contribution in [2.45, 2.75) is 24.2 Å². The number of carbonyl (C=O) groups is 1. The van der Waals surface area contributed by atoms with Gasteiger partial charge in [0.2, 0.25) is 0 Å². The Morgan fingerprint density at radius 3 is 1.97 bits per heavy atom. The predicted octanol–water partition coefficient (Wildman–Crippen LogP) is 5.56. The molecule has 0 atom stereocenters. The van der Waals surface area contributed by atoms with Crippen molar-refractivity contribution in [3.63, 3.8) is 0 Å². The fourth-order valence-corrected chi connectivity index (χ4v) is 2.42. The lowest BCUT2D eigenvalue weighted by Crippen LogP contribution is -2.72. The van der Waals surface area contributed by atoms with Crippen LogP contribution in [0.25, 0.3) is 0 Å². The van der Waals surface area contributed by atoms with Gasteiger partial charge in [-0.05, 0) is 24.3 Å². The number of benzene rings is 1. The summed E-state index contributed by atoms with van der Waals surface area (Å²) in [6, 6.07) is 2.79. The van der Waals surface area contributed by atoms with Gasteiger partial charge in [0.25, 0.3) is 5.91 Å². The zero-order chi connectivity index (χ0) is 23.8. The number of hydrogen-bond acceptors (Lipinski definition) is 3. The summed E-state index contributed by atoms with van der Waals surface area (Å²) in [5.74, 6) is -4.58. The zero-order valence-electron chi connectivity index (χ0n) is 14.5. The molecule has 15 heteroatoms. The van der Waals surface area contributed by atoms with Crippen molar-refractivity contribution < 1.29 is 48.7 Å². The number of halogens is 11. The molecule has 0 saturated carbocycles. The Kier molecular flexibility index (Phi) is 6.36. The van der Waals surface area contributed by atoms with Gasteiger partial charge >= 0.3 is 24.2 Å². The third kappa shape index (κ3) is 5.11. The van der Waals surface area contributed by atoms with Crippen LogP contribution >= 0.6 is 11.6 Å². The van der Waals surface area contributed by atoms with Gasteiger partial charge in [-0.1, -0.05) is 17.7 Å². The highest BCUT2D eigenvalue weighted by Crippen LogP contribution is 2.44. The first kappa shape index (κ1) is 24.5. The van der Waals surface area contributed by atoms with Crippen molar-refractivity contribution in [3.8, 4) is 0 Å². The molecule has 2 N–H and O–H groups in total. The molecular weight excluding hydrogens is 476 g/mol. The minimum absolute atomic E-state index is 0.0444. The van der Waals surface area contributed by atoms with E-state index in [1.807, 2.05) is 0 Å². The highest BCUT2D eigenvalue weighted by atomic mass is 35.5. The maximum Gasteiger partial charge on any atom is 0.439 e. The second kappa shape index (κ2) is 8.05. The van der Waals surface area contributed by atoms with Gasteiger partial charge in [-0.25, -0.2) is 9.37 Å². The predicted molar refractivity (Wildman–Crippen MR) is 86.6 cm³/mol. The second-order valence-corrected chi connectivity index (χ2v) is 6.29. The molecule has 1 amide bonds. The van der Waals surface area contributed by atoms with Gasteiger partial charge in [0.1, 0.15) is 11.6 Å². The van der Waals surface area contributed by atoms with E-state index >= 15 is 0 Å². The van der Waals surface area contributed by atoms with Crippen LogP contribution in [0, 0.1) is 5.82 Å². The van der Waals surface area contributed by atoms with Gasteiger partial charge in [-0.2, -0.15) is 39.5 Å². The van der Waals surface area contributed by atoms with E-state index in [0.717, 1.165) is 23.5 Å². The molecule has 0 fully saturated rings. The molecule has 0 saturated heterocycles. The quantitative estimate of drug-likeness (QED) is 0.442. The average Bonchev–Trinajstić information content (AvgIpc) is 2.59. The number of hydrogen-bond donors (Lipinski definition) is 2.